The van der Waals surface area contributed by atoms with Crippen LogP contribution in [-0.2, 0) is 19.5 Å². The molecule has 0 atom stereocenters. The number of Topliss-reactive ketones (excluding diaryl/α,β-unsaturated/α-hetero) is 1. The molecule has 2 N–H and O–H groups in total. The lowest BCUT2D eigenvalue weighted by molar-refractivity contribution is 0.0899. The van der Waals surface area contributed by atoms with E-state index in [-0.39, 0.29) is 5.56 Å². The van der Waals surface area contributed by atoms with Gasteiger partial charge in [-0.05, 0) is 35.2 Å². The summed E-state index contributed by atoms with van der Waals surface area (Å²) in [6.07, 6.45) is 2.17. The first-order chi connectivity index (χ1) is 14.2. The number of aromatic nitrogens is 2. The first-order valence-corrected chi connectivity index (χ1v) is 9.46. The predicted octanol–water partition coefficient (Wildman–Crippen LogP) is 2.97. The summed E-state index contributed by atoms with van der Waals surface area (Å²) < 4.78 is 14.7. The van der Waals surface area contributed by atoms with Crippen LogP contribution in [0.3, 0.4) is 0 Å². The van der Waals surface area contributed by atoms with Crippen LogP contribution in [0.5, 0.6) is 0 Å². The van der Waals surface area contributed by atoms with Crippen molar-refractivity contribution in [3.63, 3.8) is 0 Å². The quantitative estimate of drug-likeness (QED) is 0.628. The van der Waals surface area contributed by atoms with Crippen molar-refractivity contribution in [3.05, 3.63) is 82.8 Å². The molecule has 7 heteroatoms. The molecular formula is C22H21FN4O2. The fourth-order valence-electron chi connectivity index (χ4n) is 3.49. The third-order valence-electron chi connectivity index (χ3n) is 5.04. The number of aliphatic hydroxyl groups is 1. The van der Waals surface area contributed by atoms with Crippen LogP contribution in [0.25, 0.3) is 0 Å². The largest absolute Gasteiger partial charge is 0.388 e. The van der Waals surface area contributed by atoms with Gasteiger partial charge < -0.3 is 15.3 Å². The molecule has 0 spiro atoms. The minimum absolute atomic E-state index is 0.0471. The molecule has 3 aromatic rings. The van der Waals surface area contributed by atoms with Crippen LogP contribution in [0.2, 0.25) is 0 Å². The van der Waals surface area contributed by atoms with Gasteiger partial charge in [-0.1, -0.05) is 36.4 Å². The summed E-state index contributed by atoms with van der Waals surface area (Å²) in [5.74, 6) is 0.177. The number of fused-ring (bicyclic) bond motifs is 1. The van der Waals surface area contributed by atoms with E-state index in [1.807, 2.05) is 36.4 Å². The number of halogens is 1. The van der Waals surface area contributed by atoms with E-state index in [0.717, 1.165) is 16.9 Å². The molecular weight excluding hydrogens is 371 g/mol. The van der Waals surface area contributed by atoms with Crippen LogP contribution in [-0.4, -0.2) is 34.0 Å². The zero-order valence-electron chi connectivity index (χ0n) is 15.8. The minimum atomic E-state index is -0.693. The minimum Gasteiger partial charge on any atom is -0.388 e. The number of hydrogen-bond acceptors (Lipinski definition) is 6. The molecule has 0 saturated carbocycles. The maximum Gasteiger partial charge on any atom is 0.224 e. The fraction of sp³-hybridized carbons (Fsp3) is 0.227. The third kappa shape index (κ3) is 4.09. The monoisotopic (exact) mass is 392 g/mol. The SMILES string of the molecule is O=C(CO)c1ccc2c(c1F)CCN(c1ccnc(NCc3ccccc3)n1)C2. The van der Waals surface area contributed by atoms with Gasteiger partial charge in [-0.15, -0.1) is 0 Å². The van der Waals surface area contributed by atoms with E-state index in [0.29, 0.717) is 37.6 Å². The fourth-order valence-corrected chi connectivity index (χ4v) is 3.49. The van der Waals surface area contributed by atoms with E-state index in [1.54, 1.807) is 12.3 Å². The number of anilines is 2. The summed E-state index contributed by atoms with van der Waals surface area (Å²) in [6.45, 7) is 1.01. The van der Waals surface area contributed by atoms with Gasteiger partial charge in [0, 0.05) is 25.8 Å². The van der Waals surface area contributed by atoms with Crippen molar-refractivity contribution in [2.75, 3.05) is 23.4 Å². The van der Waals surface area contributed by atoms with E-state index in [4.69, 9.17) is 5.11 Å². The first-order valence-electron chi connectivity index (χ1n) is 9.46. The van der Waals surface area contributed by atoms with E-state index < -0.39 is 18.2 Å². The molecule has 1 aromatic heterocycles. The van der Waals surface area contributed by atoms with Crippen molar-refractivity contribution >= 4 is 17.5 Å². The lowest BCUT2D eigenvalue weighted by Crippen LogP contribution is -2.32. The summed E-state index contributed by atoms with van der Waals surface area (Å²) in [7, 11) is 0. The zero-order valence-corrected chi connectivity index (χ0v) is 15.8. The number of ketones is 1. The molecule has 0 bridgehead atoms. The van der Waals surface area contributed by atoms with Gasteiger partial charge >= 0.3 is 0 Å². The van der Waals surface area contributed by atoms with Gasteiger partial charge in [-0.25, -0.2) is 9.37 Å². The van der Waals surface area contributed by atoms with E-state index in [1.165, 1.54) is 6.07 Å². The summed E-state index contributed by atoms with van der Waals surface area (Å²) >= 11 is 0. The van der Waals surface area contributed by atoms with Gasteiger partial charge in [0.2, 0.25) is 5.95 Å². The molecule has 0 aliphatic carbocycles. The van der Waals surface area contributed by atoms with Gasteiger partial charge in [0.25, 0.3) is 0 Å². The highest BCUT2D eigenvalue weighted by atomic mass is 19.1. The second-order valence-electron chi connectivity index (χ2n) is 6.90. The Bertz CT molecular complexity index is 1030. The molecule has 4 rings (SSSR count). The molecule has 1 aliphatic rings. The lowest BCUT2D eigenvalue weighted by Gasteiger charge is -2.30. The number of carbonyl (C=O) groups excluding carboxylic acids is 1. The summed E-state index contributed by atoms with van der Waals surface area (Å²) in [4.78, 5) is 22.6. The Balaban J connectivity index is 1.49. The van der Waals surface area contributed by atoms with Crippen LogP contribution >= 0.6 is 0 Å². The number of rotatable bonds is 6. The van der Waals surface area contributed by atoms with E-state index in [2.05, 4.69) is 20.2 Å². The predicted molar refractivity (Wildman–Crippen MR) is 108 cm³/mol. The number of hydrogen-bond donors (Lipinski definition) is 2. The molecule has 29 heavy (non-hydrogen) atoms. The maximum atomic E-state index is 14.7. The highest BCUT2D eigenvalue weighted by molar-refractivity contribution is 5.97. The third-order valence-corrected chi connectivity index (χ3v) is 5.04. The molecule has 0 fully saturated rings. The topological polar surface area (TPSA) is 78.3 Å². The van der Waals surface area contributed by atoms with Crippen molar-refractivity contribution in [2.24, 2.45) is 0 Å². The molecule has 0 amide bonds. The summed E-state index contributed by atoms with van der Waals surface area (Å²) in [6, 6.07) is 15.0. The van der Waals surface area contributed by atoms with Crippen molar-refractivity contribution in [3.8, 4) is 0 Å². The van der Waals surface area contributed by atoms with Gasteiger partial charge in [-0.3, -0.25) is 4.79 Å². The second kappa shape index (κ2) is 8.36. The first kappa shape index (κ1) is 19.0. The molecule has 2 aromatic carbocycles. The lowest BCUT2D eigenvalue weighted by atomic mass is 9.95. The molecule has 148 valence electrons. The van der Waals surface area contributed by atoms with E-state index >= 15 is 0 Å². The Morgan fingerprint density at radius 2 is 2.00 bits per heavy atom. The van der Waals surface area contributed by atoms with Gasteiger partial charge in [0.05, 0.1) is 5.56 Å². The summed E-state index contributed by atoms with van der Waals surface area (Å²) in [5.41, 5.74) is 2.45. The smallest absolute Gasteiger partial charge is 0.224 e. The average molecular weight is 392 g/mol. The van der Waals surface area contributed by atoms with Gasteiger partial charge in [0.15, 0.2) is 5.78 Å². The molecule has 0 saturated heterocycles. The van der Waals surface area contributed by atoms with Crippen molar-refractivity contribution in [1.82, 2.24) is 9.97 Å². The number of carbonyl (C=O) groups is 1. The van der Waals surface area contributed by atoms with Gasteiger partial charge in [0.1, 0.15) is 18.2 Å². The normalized spacial score (nSPS) is 13.1. The standard InChI is InChI=1S/C22H21FN4O2/c23-21-17-9-11-27(13-16(17)6-7-18(21)19(29)14-28)20-8-10-24-22(26-20)25-12-15-4-2-1-3-5-15/h1-8,10,28H,9,11-14H2,(H,24,25,26). The molecule has 1 aliphatic heterocycles. The van der Waals surface area contributed by atoms with Crippen molar-refractivity contribution < 1.29 is 14.3 Å². The van der Waals surface area contributed by atoms with Crippen LogP contribution in [0, 0.1) is 5.82 Å². The highest BCUT2D eigenvalue weighted by Gasteiger charge is 2.24. The van der Waals surface area contributed by atoms with Crippen LogP contribution < -0.4 is 10.2 Å². The number of nitrogens with one attached hydrogen (secondary N) is 1. The number of benzene rings is 2. The van der Waals surface area contributed by atoms with Crippen LogP contribution in [0.4, 0.5) is 16.2 Å². The van der Waals surface area contributed by atoms with Crippen LogP contribution in [0.15, 0.2) is 54.7 Å². The number of aliphatic hydroxyl groups excluding tert-OH is 1. The Morgan fingerprint density at radius 3 is 2.79 bits per heavy atom. The molecule has 6 nitrogen and oxygen atoms in total. The van der Waals surface area contributed by atoms with Gasteiger partial charge in [-0.2, -0.15) is 4.98 Å². The summed E-state index contributed by atoms with van der Waals surface area (Å²) in [5, 5.41) is 12.2. The average Bonchev–Trinajstić information content (AvgIpc) is 2.78. The van der Waals surface area contributed by atoms with Crippen LogP contribution in [0.1, 0.15) is 27.0 Å². The number of nitrogens with zero attached hydrogens (tertiary/aromatic N) is 3. The van der Waals surface area contributed by atoms with E-state index in [9.17, 15) is 9.18 Å². The van der Waals surface area contributed by atoms with Crippen molar-refractivity contribution in [1.29, 1.82) is 0 Å². The Hall–Kier alpha value is -3.32. The second-order valence-corrected chi connectivity index (χ2v) is 6.90. The molecule has 2 heterocycles. The molecule has 0 unspecified atom stereocenters. The Labute approximate surface area is 168 Å². The highest BCUT2D eigenvalue weighted by Crippen LogP contribution is 2.27. The Kier molecular flexibility index (Phi) is 5.48. The zero-order chi connectivity index (χ0) is 20.2. The molecule has 0 radical (unpaired) electrons. The Morgan fingerprint density at radius 1 is 1.17 bits per heavy atom. The van der Waals surface area contributed by atoms with Crippen molar-refractivity contribution in [2.45, 2.75) is 19.5 Å². The maximum absolute atomic E-state index is 14.7.